The largest absolute Gasteiger partial charge is 0.493 e. The van der Waals surface area contributed by atoms with Gasteiger partial charge < -0.3 is 19.4 Å². The maximum absolute atomic E-state index is 12.6. The molecule has 0 bridgehead atoms. The van der Waals surface area contributed by atoms with Gasteiger partial charge in [-0.25, -0.2) is 4.98 Å². The third kappa shape index (κ3) is 6.89. The van der Waals surface area contributed by atoms with Crippen LogP contribution in [0, 0.1) is 0 Å². The molecule has 1 heterocycles. The van der Waals surface area contributed by atoms with Gasteiger partial charge in [0, 0.05) is 19.5 Å². The van der Waals surface area contributed by atoms with Crippen molar-refractivity contribution in [3.63, 3.8) is 0 Å². The Morgan fingerprint density at radius 1 is 0.800 bits per heavy atom. The van der Waals surface area contributed by atoms with Gasteiger partial charge in [-0.05, 0) is 53.8 Å². The zero-order valence-electron chi connectivity index (χ0n) is 22.9. The highest BCUT2D eigenvalue weighted by Gasteiger charge is 2.11. The Hall–Kier alpha value is -4.58. The van der Waals surface area contributed by atoms with E-state index in [0.717, 1.165) is 65.3 Å². The lowest BCUT2D eigenvalue weighted by molar-refractivity contribution is -0.120. The van der Waals surface area contributed by atoms with E-state index in [2.05, 4.69) is 40.2 Å². The molecule has 1 N–H and O–H groups in total. The first-order chi connectivity index (χ1) is 19.7. The van der Waals surface area contributed by atoms with Crippen LogP contribution in [0.25, 0.3) is 22.2 Å². The van der Waals surface area contributed by atoms with E-state index in [1.54, 1.807) is 7.11 Å². The molecule has 40 heavy (non-hydrogen) atoms. The van der Waals surface area contributed by atoms with E-state index in [1.165, 1.54) is 5.56 Å². The molecule has 0 unspecified atom stereocenters. The number of amides is 1. The molecular formula is C34H35N3O3. The van der Waals surface area contributed by atoms with Gasteiger partial charge in [-0.15, -0.1) is 0 Å². The smallest absolute Gasteiger partial charge is 0.224 e. The van der Waals surface area contributed by atoms with Crippen LogP contribution in [0.4, 0.5) is 0 Å². The quantitative estimate of drug-likeness (QED) is 0.176. The van der Waals surface area contributed by atoms with Crippen LogP contribution in [0.15, 0.2) is 103 Å². The Morgan fingerprint density at radius 2 is 1.50 bits per heavy atom. The van der Waals surface area contributed by atoms with Crippen molar-refractivity contribution in [3.8, 4) is 22.6 Å². The fourth-order valence-electron chi connectivity index (χ4n) is 4.88. The van der Waals surface area contributed by atoms with Gasteiger partial charge in [0.05, 0.1) is 31.2 Å². The fraction of sp³-hybridized carbons (Fsp3) is 0.235. The first-order valence-corrected chi connectivity index (χ1v) is 13.8. The minimum Gasteiger partial charge on any atom is -0.493 e. The number of aryl methyl sites for hydroxylation is 2. The van der Waals surface area contributed by atoms with E-state index in [-0.39, 0.29) is 5.91 Å². The number of rotatable bonds is 13. The average molecular weight is 534 g/mol. The van der Waals surface area contributed by atoms with Gasteiger partial charge in [0.15, 0.2) is 11.5 Å². The van der Waals surface area contributed by atoms with Crippen molar-refractivity contribution in [1.29, 1.82) is 0 Å². The molecule has 0 saturated carbocycles. The highest BCUT2D eigenvalue weighted by atomic mass is 16.5. The van der Waals surface area contributed by atoms with Crippen molar-refractivity contribution in [2.45, 2.75) is 32.2 Å². The molecule has 1 amide bonds. The zero-order chi connectivity index (χ0) is 27.6. The first kappa shape index (κ1) is 27.0. The summed E-state index contributed by atoms with van der Waals surface area (Å²) in [6.07, 6.45) is 2.82. The molecule has 6 heteroatoms. The molecule has 5 aromatic rings. The summed E-state index contributed by atoms with van der Waals surface area (Å²) in [6.45, 7) is 1.99. The summed E-state index contributed by atoms with van der Waals surface area (Å²) in [7, 11) is 1.65. The molecular weight excluding hydrogens is 498 g/mol. The number of carbonyl (C=O) groups excluding carboxylic acids is 1. The average Bonchev–Trinajstić information content (AvgIpc) is 3.35. The van der Waals surface area contributed by atoms with Gasteiger partial charge in [-0.2, -0.15) is 0 Å². The summed E-state index contributed by atoms with van der Waals surface area (Å²) in [5.74, 6) is 2.56. The summed E-state index contributed by atoms with van der Waals surface area (Å²) in [5, 5.41) is 3.07. The first-order valence-electron chi connectivity index (χ1n) is 13.8. The Balaban J connectivity index is 1.11. The van der Waals surface area contributed by atoms with Gasteiger partial charge in [0.2, 0.25) is 5.91 Å². The van der Waals surface area contributed by atoms with E-state index >= 15 is 0 Å². The maximum atomic E-state index is 12.6. The Bertz CT molecular complexity index is 1530. The molecule has 0 saturated heterocycles. The summed E-state index contributed by atoms with van der Waals surface area (Å²) in [6, 6.07) is 34.4. The number of hydrogen-bond donors (Lipinski definition) is 1. The van der Waals surface area contributed by atoms with Crippen molar-refractivity contribution >= 4 is 16.9 Å². The van der Waals surface area contributed by atoms with Crippen molar-refractivity contribution in [3.05, 3.63) is 115 Å². The highest BCUT2D eigenvalue weighted by molar-refractivity contribution is 5.79. The van der Waals surface area contributed by atoms with E-state index in [9.17, 15) is 4.79 Å². The van der Waals surface area contributed by atoms with Crippen molar-refractivity contribution in [1.82, 2.24) is 14.9 Å². The topological polar surface area (TPSA) is 65.4 Å². The molecule has 0 atom stereocenters. The van der Waals surface area contributed by atoms with Crippen molar-refractivity contribution in [2.75, 3.05) is 20.3 Å². The number of aromatic nitrogens is 2. The minimum atomic E-state index is 0.0365. The second kappa shape index (κ2) is 13.5. The molecule has 6 nitrogen and oxygen atoms in total. The van der Waals surface area contributed by atoms with E-state index in [4.69, 9.17) is 14.5 Å². The molecule has 0 radical (unpaired) electrons. The fourth-order valence-corrected chi connectivity index (χ4v) is 4.88. The van der Waals surface area contributed by atoms with Gasteiger partial charge in [-0.1, -0.05) is 78.9 Å². The number of nitrogens with one attached hydrogen (secondary N) is 1. The lowest BCUT2D eigenvalue weighted by Gasteiger charge is -2.12. The molecule has 204 valence electrons. The van der Waals surface area contributed by atoms with Crippen LogP contribution in [-0.4, -0.2) is 35.7 Å². The minimum absolute atomic E-state index is 0.0365. The van der Waals surface area contributed by atoms with Gasteiger partial charge >= 0.3 is 0 Å². The lowest BCUT2D eigenvalue weighted by atomic mass is 10.0. The molecule has 0 fully saturated rings. The molecule has 0 spiro atoms. The van der Waals surface area contributed by atoms with Gasteiger partial charge in [-0.3, -0.25) is 4.79 Å². The Kier molecular flexibility index (Phi) is 9.09. The van der Waals surface area contributed by atoms with Crippen molar-refractivity contribution in [2.24, 2.45) is 0 Å². The number of fused-ring (bicyclic) bond motifs is 1. The number of para-hydroxylation sites is 4. The van der Waals surface area contributed by atoms with Crippen LogP contribution in [0.5, 0.6) is 11.5 Å². The van der Waals surface area contributed by atoms with Crippen LogP contribution in [-0.2, 0) is 24.2 Å². The van der Waals surface area contributed by atoms with Crippen LogP contribution in [0.1, 0.15) is 24.2 Å². The Labute approximate surface area is 235 Å². The van der Waals surface area contributed by atoms with Crippen LogP contribution >= 0.6 is 0 Å². The van der Waals surface area contributed by atoms with Crippen LogP contribution < -0.4 is 14.8 Å². The van der Waals surface area contributed by atoms with Crippen LogP contribution in [0.2, 0.25) is 0 Å². The second-order valence-electron chi connectivity index (χ2n) is 9.71. The third-order valence-corrected chi connectivity index (χ3v) is 6.91. The summed E-state index contributed by atoms with van der Waals surface area (Å²) < 4.78 is 13.6. The standard InChI is InChI=1S/C34H35N3O3/c1-39-31-15-7-8-16-32(31)40-24-10-23-37-30-14-6-5-13-29(30)36-33(37)17-9-22-35-34(38)25-26-18-20-28(21-19-26)27-11-3-2-4-12-27/h2-8,11-16,18-21H,9-10,17,22-25H2,1H3,(H,35,38). The molecule has 4 aromatic carbocycles. The number of nitrogens with zero attached hydrogens (tertiary/aromatic N) is 2. The predicted molar refractivity (Wildman–Crippen MR) is 160 cm³/mol. The predicted octanol–water partition coefficient (Wildman–Crippen LogP) is 6.47. The highest BCUT2D eigenvalue weighted by Crippen LogP contribution is 2.26. The van der Waals surface area contributed by atoms with Crippen LogP contribution in [0.3, 0.4) is 0 Å². The Morgan fingerprint density at radius 3 is 2.30 bits per heavy atom. The van der Waals surface area contributed by atoms with E-state index < -0.39 is 0 Å². The number of hydrogen-bond acceptors (Lipinski definition) is 4. The molecule has 5 rings (SSSR count). The molecule has 0 aliphatic heterocycles. The van der Waals surface area contributed by atoms with E-state index in [1.807, 2.05) is 72.8 Å². The summed E-state index contributed by atoms with van der Waals surface area (Å²) >= 11 is 0. The lowest BCUT2D eigenvalue weighted by Crippen LogP contribution is -2.26. The zero-order valence-corrected chi connectivity index (χ0v) is 22.9. The van der Waals surface area contributed by atoms with Crippen molar-refractivity contribution < 1.29 is 14.3 Å². The number of carbonyl (C=O) groups is 1. The number of imidazole rings is 1. The number of methoxy groups -OCH3 is 1. The summed E-state index contributed by atoms with van der Waals surface area (Å²) in [4.78, 5) is 17.5. The van der Waals surface area contributed by atoms with Gasteiger partial charge in [0.25, 0.3) is 0 Å². The SMILES string of the molecule is COc1ccccc1OCCCn1c(CCCNC(=O)Cc2ccc(-c3ccccc3)cc2)nc2ccccc21. The monoisotopic (exact) mass is 533 g/mol. The molecule has 0 aliphatic carbocycles. The molecule has 1 aromatic heterocycles. The second-order valence-corrected chi connectivity index (χ2v) is 9.71. The summed E-state index contributed by atoms with van der Waals surface area (Å²) in [5.41, 5.74) is 5.45. The molecule has 0 aliphatic rings. The normalized spacial score (nSPS) is 10.9. The third-order valence-electron chi connectivity index (χ3n) is 6.91. The number of ether oxygens (including phenoxy) is 2. The number of benzene rings is 4. The van der Waals surface area contributed by atoms with E-state index in [0.29, 0.717) is 19.6 Å². The van der Waals surface area contributed by atoms with Gasteiger partial charge in [0.1, 0.15) is 5.82 Å². The maximum Gasteiger partial charge on any atom is 0.224 e.